The molecule has 2 aromatic carbocycles. The van der Waals surface area contributed by atoms with Crippen molar-refractivity contribution in [3.8, 4) is 16.9 Å². The first-order valence-electron chi connectivity index (χ1n) is 18.1. The predicted molar refractivity (Wildman–Crippen MR) is 198 cm³/mol. The van der Waals surface area contributed by atoms with Gasteiger partial charge in [-0.1, -0.05) is 52.8 Å². The average Bonchev–Trinajstić information content (AvgIpc) is 3.43. The molecule has 0 bridgehead atoms. The van der Waals surface area contributed by atoms with Gasteiger partial charge in [-0.15, -0.1) is 0 Å². The van der Waals surface area contributed by atoms with Crippen LogP contribution in [0.5, 0.6) is 5.75 Å². The molecule has 3 amide bonds. The topological polar surface area (TPSA) is 167 Å². The number of rotatable bonds is 14. The Morgan fingerprint density at radius 2 is 1.86 bits per heavy atom. The van der Waals surface area contributed by atoms with E-state index >= 15 is 0 Å². The molecule has 12 heteroatoms. The van der Waals surface area contributed by atoms with E-state index in [1.165, 1.54) is 0 Å². The average molecular weight is 710 g/mol. The van der Waals surface area contributed by atoms with Crippen LogP contribution in [0.2, 0.25) is 0 Å². The molecule has 0 spiro atoms. The van der Waals surface area contributed by atoms with Crippen molar-refractivity contribution in [1.82, 2.24) is 15.7 Å². The zero-order valence-electron chi connectivity index (χ0n) is 31.7. The molecule has 1 saturated carbocycles. The molecular formula is C39H59N5O7. The van der Waals surface area contributed by atoms with Crippen molar-refractivity contribution < 1.29 is 34.2 Å². The summed E-state index contributed by atoms with van der Waals surface area (Å²) >= 11 is 0. The molecule has 1 saturated heterocycles. The molecule has 2 fully saturated rings. The van der Waals surface area contributed by atoms with E-state index in [2.05, 4.69) is 31.4 Å². The third-order valence-electron chi connectivity index (χ3n) is 10.4. The fourth-order valence-corrected chi connectivity index (χ4v) is 7.77. The number of amides is 3. The number of ether oxygens (including phenoxy) is 1. The second-order valence-corrected chi connectivity index (χ2v) is 15.9. The normalized spacial score (nSPS) is 24.5. The van der Waals surface area contributed by atoms with Crippen LogP contribution in [0.4, 0.5) is 5.69 Å². The van der Waals surface area contributed by atoms with Crippen LogP contribution in [0.3, 0.4) is 0 Å². The first kappa shape index (κ1) is 40.1. The summed E-state index contributed by atoms with van der Waals surface area (Å²) in [5, 5.41) is 28.8. The largest absolute Gasteiger partial charge is 0.496 e. The molecule has 2 aromatic rings. The summed E-state index contributed by atoms with van der Waals surface area (Å²) in [5.74, 6) is -0.983. The number of hydrogen-bond acceptors (Lipinski definition) is 9. The van der Waals surface area contributed by atoms with E-state index in [0.29, 0.717) is 34.4 Å². The Bertz CT molecular complexity index is 1540. The first-order chi connectivity index (χ1) is 24.0. The van der Waals surface area contributed by atoms with Gasteiger partial charge in [0.05, 0.1) is 26.4 Å². The lowest BCUT2D eigenvalue weighted by atomic mass is 9.70. The standard InChI is InChI=1S/C39H59N5O7/c1-22(2)15-31(36(40)47)42-37(48)27-16-26(17-28(18-27)43(7)8)29-12-10-11-25(35(29)50-9)20-44-34(33(24(4)46)32(21-45)51-44)38(49)41-30-13-14-39(5,6)19-23(30)3/h10-12,16-18,22-24,30-34,45-46H,13-15,19-21H2,1-9H3,(H2,40,47)(H,41,49)(H,42,48)/t23?,24-,30?,31?,32-,33+,34?/m0/s1. The molecule has 282 valence electrons. The summed E-state index contributed by atoms with van der Waals surface area (Å²) in [5.41, 5.74) is 9.05. The Morgan fingerprint density at radius 1 is 1.16 bits per heavy atom. The molecule has 4 rings (SSSR count). The minimum atomic E-state index is -0.924. The highest BCUT2D eigenvalue weighted by Crippen LogP contribution is 2.41. The van der Waals surface area contributed by atoms with E-state index in [0.717, 1.165) is 24.9 Å². The second-order valence-electron chi connectivity index (χ2n) is 15.9. The van der Waals surface area contributed by atoms with Crippen LogP contribution in [-0.4, -0.2) is 91.1 Å². The van der Waals surface area contributed by atoms with Crippen LogP contribution in [0.15, 0.2) is 36.4 Å². The Labute approximate surface area is 303 Å². The van der Waals surface area contributed by atoms with E-state index in [4.69, 9.17) is 15.3 Å². The van der Waals surface area contributed by atoms with Gasteiger partial charge in [-0.25, -0.2) is 0 Å². The van der Waals surface area contributed by atoms with E-state index in [1.807, 2.05) is 57.1 Å². The van der Waals surface area contributed by atoms with Gasteiger partial charge in [-0.2, -0.15) is 5.06 Å². The highest BCUT2D eigenvalue weighted by atomic mass is 16.7. The zero-order valence-corrected chi connectivity index (χ0v) is 31.7. The van der Waals surface area contributed by atoms with Crippen LogP contribution < -0.4 is 26.0 Å². The van der Waals surface area contributed by atoms with Crippen molar-refractivity contribution in [3.63, 3.8) is 0 Å². The summed E-state index contributed by atoms with van der Waals surface area (Å²) in [6, 6.07) is 9.39. The van der Waals surface area contributed by atoms with E-state index in [9.17, 15) is 24.6 Å². The van der Waals surface area contributed by atoms with Gasteiger partial charge >= 0.3 is 0 Å². The number of methoxy groups -OCH3 is 1. The van der Waals surface area contributed by atoms with Crippen molar-refractivity contribution in [3.05, 3.63) is 47.5 Å². The number of carbonyl (C=O) groups excluding carboxylic acids is 3. The van der Waals surface area contributed by atoms with Crippen LogP contribution in [0.25, 0.3) is 11.1 Å². The smallest absolute Gasteiger partial charge is 0.252 e. The third-order valence-corrected chi connectivity index (χ3v) is 10.4. The maximum atomic E-state index is 14.1. The molecule has 0 radical (unpaired) electrons. The molecule has 1 aliphatic heterocycles. The van der Waals surface area contributed by atoms with Crippen LogP contribution >= 0.6 is 0 Å². The molecule has 2 aliphatic rings. The number of aliphatic hydroxyl groups is 2. The number of benzene rings is 2. The maximum absolute atomic E-state index is 14.1. The number of carbonyl (C=O) groups is 3. The summed E-state index contributed by atoms with van der Waals surface area (Å²) in [6.07, 6.45) is 1.56. The molecule has 7 atom stereocenters. The summed E-state index contributed by atoms with van der Waals surface area (Å²) in [4.78, 5) is 47.9. The second kappa shape index (κ2) is 16.8. The summed E-state index contributed by atoms with van der Waals surface area (Å²) in [7, 11) is 5.31. The Hall–Kier alpha value is -3.71. The zero-order chi connectivity index (χ0) is 37.8. The maximum Gasteiger partial charge on any atom is 0.252 e. The lowest BCUT2D eigenvalue weighted by Gasteiger charge is -2.40. The summed E-state index contributed by atoms with van der Waals surface area (Å²) in [6.45, 7) is 12.0. The number of nitrogens with two attached hydrogens (primary N) is 1. The molecule has 1 aliphatic carbocycles. The number of hydroxylamine groups is 2. The van der Waals surface area contributed by atoms with Crippen molar-refractivity contribution >= 4 is 23.4 Å². The van der Waals surface area contributed by atoms with Crippen molar-refractivity contribution in [2.75, 3.05) is 32.7 Å². The van der Waals surface area contributed by atoms with E-state index in [-0.39, 0.29) is 42.4 Å². The van der Waals surface area contributed by atoms with Gasteiger partial charge in [-0.3, -0.25) is 19.2 Å². The van der Waals surface area contributed by atoms with Crippen LogP contribution in [0.1, 0.15) is 83.1 Å². The fraction of sp³-hybridized carbons (Fsp3) is 0.615. The van der Waals surface area contributed by atoms with E-state index in [1.54, 1.807) is 31.2 Å². The van der Waals surface area contributed by atoms with Gasteiger partial charge in [0, 0.05) is 48.4 Å². The van der Waals surface area contributed by atoms with Gasteiger partial charge in [0.1, 0.15) is 23.9 Å². The fourth-order valence-electron chi connectivity index (χ4n) is 7.77. The predicted octanol–water partition coefficient (Wildman–Crippen LogP) is 3.86. The SMILES string of the molecule is COc1c(CN2O[C@@H](CO)[C@@H]([C@H](C)O)C2C(=O)NC2CCC(C)(C)CC2C)cccc1-c1cc(C(=O)NC(CC(C)C)C(N)=O)cc(N(C)C)c1. The monoisotopic (exact) mass is 709 g/mol. The number of nitrogens with zero attached hydrogens (tertiary/aromatic N) is 2. The molecular weight excluding hydrogens is 650 g/mol. The molecule has 6 N–H and O–H groups in total. The minimum absolute atomic E-state index is 0.00735. The van der Waals surface area contributed by atoms with E-state index < -0.39 is 42.0 Å². The van der Waals surface area contributed by atoms with Gasteiger partial charge in [0.25, 0.3) is 5.91 Å². The first-order valence-corrected chi connectivity index (χ1v) is 18.1. The molecule has 4 unspecified atom stereocenters. The highest BCUT2D eigenvalue weighted by molar-refractivity contribution is 5.99. The van der Waals surface area contributed by atoms with Gasteiger partial charge in [0.15, 0.2) is 0 Å². The minimum Gasteiger partial charge on any atom is -0.496 e. The quantitative estimate of drug-likeness (QED) is 0.196. The number of aliphatic hydroxyl groups excluding tert-OH is 2. The Kier molecular flexibility index (Phi) is 13.2. The van der Waals surface area contributed by atoms with Crippen molar-refractivity contribution in [2.24, 2.45) is 28.9 Å². The van der Waals surface area contributed by atoms with Gasteiger partial charge in [0.2, 0.25) is 11.8 Å². The lowest BCUT2D eigenvalue weighted by molar-refractivity contribution is -0.182. The van der Waals surface area contributed by atoms with Crippen molar-refractivity contribution in [1.29, 1.82) is 0 Å². The Balaban J connectivity index is 1.69. The number of anilines is 1. The Morgan fingerprint density at radius 3 is 2.43 bits per heavy atom. The number of primary amides is 1. The number of nitrogens with one attached hydrogen (secondary N) is 2. The number of para-hydroxylation sites is 1. The molecule has 12 nitrogen and oxygen atoms in total. The molecule has 51 heavy (non-hydrogen) atoms. The number of hydrogen-bond donors (Lipinski definition) is 5. The van der Waals surface area contributed by atoms with Crippen LogP contribution in [-0.2, 0) is 21.0 Å². The molecule has 1 heterocycles. The lowest BCUT2D eigenvalue weighted by Crippen LogP contribution is -2.53. The van der Waals surface area contributed by atoms with Gasteiger partial charge in [-0.05, 0) is 73.6 Å². The van der Waals surface area contributed by atoms with Crippen molar-refractivity contribution in [2.45, 2.75) is 104 Å². The molecule has 0 aromatic heterocycles. The van der Waals surface area contributed by atoms with Crippen LogP contribution in [0, 0.1) is 23.2 Å². The summed E-state index contributed by atoms with van der Waals surface area (Å²) < 4.78 is 6.00. The highest BCUT2D eigenvalue weighted by Gasteiger charge is 2.50. The van der Waals surface area contributed by atoms with Gasteiger partial charge < -0.3 is 36.2 Å². The third kappa shape index (κ3) is 9.59.